The number of anilines is 1. The average Bonchev–Trinajstić information content (AvgIpc) is 3.91. The fourth-order valence-corrected chi connectivity index (χ4v) is 9.91. The van der Waals surface area contributed by atoms with Crippen molar-refractivity contribution in [2.45, 2.75) is 81.0 Å². The predicted octanol–water partition coefficient (Wildman–Crippen LogP) is 6.41. The molecule has 5 fully saturated rings. The molecule has 1 amide bonds. The van der Waals surface area contributed by atoms with Gasteiger partial charge in [0, 0.05) is 82.5 Å². The third-order valence-electron chi connectivity index (χ3n) is 12.9. The highest BCUT2D eigenvalue weighted by Gasteiger charge is 2.48. The Morgan fingerprint density at radius 1 is 0.923 bits per heavy atom. The largest absolute Gasteiger partial charge is 0.497 e. The summed E-state index contributed by atoms with van der Waals surface area (Å²) in [7, 11) is 3.26. The Labute approximate surface area is 304 Å². The predicted molar refractivity (Wildman–Crippen MR) is 190 cm³/mol. The van der Waals surface area contributed by atoms with Gasteiger partial charge in [0.1, 0.15) is 5.75 Å². The number of amides is 1. The number of carbonyl (C=O) groups is 2. The van der Waals surface area contributed by atoms with Crippen molar-refractivity contribution in [2.24, 2.45) is 17.8 Å². The minimum absolute atomic E-state index is 0.00545. The van der Waals surface area contributed by atoms with E-state index in [1.165, 1.54) is 6.07 Å². The molecule has 52 heavy (non-hydrogen) atoms. The minimum atomic E-state index is -4.52. The molecule has 0 unspecified atom stereocenters. The number of aliphatic carboxylic acids is 1. The van der Waals surface area contributed by atoms with E-state index in [1.54, 1.807) is 20.3 Å². The number of benzene rings is 2. The van der Waals surface area contributed by atoms with Gasteiger partial charge in [-0.2, -0.15) is 13.2 Å². The first-order valence-electron chi connectivity index (χ1n) is 19.0. The Morgan fingerprint density at radius 2 is 1.65 bits per heavy atom. The van der Waals surface area contributed by atoms with Gasteiger partial charge in [-0.15, -0.1) is 0 Å². The number of piperidine rings is 1. The van der Waals surface area contributed by atoms with Gasteiger partial charge < -0.3 is 29.1 Å². The molecule has 1 saturated carbocycles. The molecule has 4 heterocycles. The lowest BCUT2D eigenvalue weighted by atomic mass is 9.80. The molecule has 0 aromatic heterocycles. The summed E-state index contributed by atoms with van der Waals surface area (Å²) in [4.78, 5) is 32.8. The highest BCUT2D eigenvalue weighted by molar-refractivity contribution is 5.81. The zero-order chi connectivity index (χ0) is 36.6. The summed E-state index contributed by atoms with van der Waals surface area (Å²) in [6.07, 6.45) is 2.67. The van der Waals surface area contributed by atoms with E-state index in [4.69, 9.17) is 14.2 Å². The summed E-state index contributed by atoms with van der Waals surface area (Å²) in [5.41, 5.74) is 1.63. The molecule has 0 radical (unpaired) electrons. The average molecular weight is 728 g/mol. The second-order valence-electron chi connectivity index (χ2n) is 15.7. The van der Waals surface area contributed by atoms with E-state index >= 15 is 0 Å². The third kappa shape index (κ3) is 7.53. The third-order valence-corrected chi connectivity index (χ3v) is 12.9. The standard InChI is InChI=1S/C40H52F3N3O6/c1-50-25-28-21-46(23-34(28)32-9-6-29(40(41,42)43)20-36(32)44-17-12-27(13-18-44)38(48)49)37(47)35-24-45(22-33(35)26-4-7-31(51-2)8-5-26)30-10-15-39(16-11-30)14-3-19-52-39/h4-9,20,27-28,30,33-35H,3,10-19,21-25H2,1-2H3,(H,48,49)/t28-,30?,33+,34+,35-,39?/m1/s1. The highest BCUT2D eigenvalue weighted by atomic mass is 19.4. The Kier molecular flexibility index (Phi) is 10.8. The zero-order valence-corrected chi connectivity index (χ0v) is 30.3. The number of methoxy groups -OCH3 is 2. The zero-order valence-electron chi connectivity index (χ0n) is 30.3. The number of ether oxygens (including phenoxy) is 3. The maximum absolute atomic E-state index is 14.8. The quantitative estimate of drug-likeness (QED) is 0.317. The fraction of sp³-hybridized carbons (Fsp3) is 0.650. The molecule has 2 aromatic rings. The molecule has 0 bridgehead atoms. The van der Waals surface area contributed by atoms with Crippen molar-refractivity contribution in [1.82, 2.24) is 9.80 Å². The van der Waals surface area contributed by atoms with Gasteiger partial charge in [-0.1, -0.05) is 18.2 Å². The Hall–Kier alpha value is -3.35. The molecule has 1 spiro atoms. The van der Waals surface area contributed by atoms with Gasteiger partial charge in [-0.05, 0) is 86.8 Å². The molecule has 12 heteroatoms. The van der Waals surface area contributed by atoms with Crippen molar-refractivity contribution >= 4 is 17.6 Å². The number of likely N-dealkylation sites (tertiary alicyclic amines) is 2. The number of halogens is 3. The van der Waals surface area contributed by atoms with Gasteiger partial charge >= 0.3 is 12.1 Å². The fourth-order valence-electron chi connectivity index (χ4n) is 9.91. The molecular weight excluding hydrogens is 675 g/mol. The second-order valence-corrected chi connectivity index (χ2v) is 15.7. The van der Waals surface area contributed by atoms with Crippen LogP contribution in [0.1, 0.15) is 79.9 Å². The van der Waals surface area contributed by atoms with Gasteiger partial charge in [-0.25, -0.2) is 0 Å². The first-order valence-corrected chi connectivity index (χ1v) is 19.0. The molecule has 284 valence electrons. The van der Waals surface area contributed by atoms with Crippen LogP contribution in [0.3, 0.4) is 0 Å². The first-order chi connectivity index (χ1) is 25.0. The van der Waals surface area contributed by atoms with Crippen LogP contribution in [0.25, 0.3) is 0 Å². The Morgan fingerprint density at radius 3 is 2.27 bits per heavy atom. The van der Waals surface area contributed by atoms with Crippen LogP contribution in [0.2, 0.25) is 0 Å². The molecule has 9 nitrogen and oxygen atoms in total. The van der Waals surface area contributed by atoms with E-state index in [2.05, 4.69) is 17.0 Å². The molecule has 5 aliphatic rings. The monoisotopic (exact) mass is 727 g/mol. The summed E-state index contributed by atoms with van der Waals surface area (Å²) in [5, 5.41) is 9.55. The Balaban J connectivity index is 1.14. The van der Waals surface area contributed by atoms with Gasteiger partial charge in [0.25, 0.3) is 0 Å². The second kappa shape index (κ2) is 15.2. The minimum Gasteiger partial charge on any atom is -0.497 e. The molecule has 4 saturated heterocycles. The lowest BCUT2D eigenvalue weighted by molar-refractivity contribution is -0.142. The topological polar surface area (TPSA) is 91.8 Å². The van der Waals surface area contributed by atoms with Crippen LogP contribution in [-0.4, -0.2) is 105 Å². The maximum atomic E-state index is 14.8. The van der Waals surface area contributed by atoms with Crippen LogP contribution < -0.4 is 9.64 Å². The number of hydrogen-bond acceptors (Lipinski definition) is 7. The van der Waals surface area contributed by atoms with Gasteiger partial charge in [0.05, 0.1) is 36.7 Å². The number of hydrogen-bond donors (Lipinski definition) is 1. The Bertz CT molecular complexity index is 1560. The number of alkyl halides is 3. The molecule has 2 aromatic carbocycles. The van der Waals surface area contributed by atoms with E-state index in [0.29, 0.717) is 63.9 Å². The van der Waals surface area contributed by atoms with Crippen molar-refractivity contribution in [1.29, 1.82) is 0 Å². The van der Waals surface area contributed by atoms with Crippen molar-refractivity contribution in [3.05, 3.63) is 59.2 Å². The van der Waals surface area contributed by atoms with Crippen molar-refractivity contribution < 1.29 is 42.1 Å². The first kappa shape index (κ1) is 37.0. The van der Waals surface area contributed by atoms with E-state index in [1.807, 2.05) is 21.9 Å². The molecule has 1 N–H and O–H groups in total. The van der Waals surface area contributed by atoms with Crippen LogP contribution in [0.5, 0.6) is 5.75 Å². The van der Waals surface area contributed by atoms with Gasteiger partial charge in [-0.3, -0.25) is 14.5 Å². The number of rotatable bonds is 9. The molecular formula is C40H52F3N3O6. The summed E-state index contributed by atoms with van der Waals surface area (Å²) in [6, 6.07) is 12.3. The van der Waals surface area contributed by atoms with Crippen LogP contribution in [0, 0.1) is 17.8 Å². The van der Waals surface area contributed by atoms with E-state index in [-0.39, 0.29) is 35.2 Å². The SMILES string of the molecule is COC[C@H]1CN(C(=O)[C@@H]2CN(C3CCC4(CCCO4)CC3)C[C@H]2c2ccc(OC)cc2)C[C@@H]1c1ccc(C(F)(F)F)cc1N1CCC(C(=O)O)CC1. The summed E-state index contributed by atoms with van der Waals surface area (Å²) in [6.45, 7) is 4.20. The smallest absolute Gasteiger partial charge is 0.416 e. The number of nitrogens with zero attached hydrogens (tertiary/aromatic N) is 3. The van der Waals surface area contributed by atoms with E-state index < -0.39 is 23.6 Å². The molecule has 4 atom stereocenters. The van der Waals surface area contributed by atoms with Crippen molar-refractivity contribution in [3.8, 4) is 5.75 Å². The molecule has 1 aliphatic carbocycles. The van der Waals surface area contributed by atoms with Crippen LogP contribution in [-0.2, 0) is 25.2 Å². The van der Waals surface area contributed by atoms with Gasteiger partial charge in [0.2, 0.25) is 5.91 Å². The van der Waals surface area contributed by atoms with Gasteiger partial charge in [0.15, 0.2) is 0 Å². The highest BCUT2D eigenvalue weighted by Crippen LogP contribution is 2.46. The van der Waals surface area contributed by atoms with E-state index in [0.717, 1.165) is 74.6 Å². The lowest BCUT2D eigenvalue weighted by Crippen LogP contribution is -2.43. The number of carbonyl (C=O) groups excluding carboxylic acids is 1. The van der Waals surface area contributed by atoms with Crippen LogP contribution >= 0.6 is 0 Å². The van der Waals surface area contributed by atoms with Crippen LogP contribution in [0.15, 0.2) is 42.5 Å². The summed E-state index contributed by atoms with van der Waals surface area (Å²) < 4.78 is 59.4. The summed E-state index contributed by atoms with van der Waals surface area (Å²) >= 11 is 0. The summed E-state index contributed by atoms with van der Waals surface area (Å²) in [5.74, 6) is -1.17. The molecule has 7 rings (SSSR count). The lowest BCUT2D eigenvalue weighted by Gasteiger charge is -2.40. The normalized spacial score (nSPS) is 30.4. The van der Waals surface area contributed by atoms with Crippen LogP contribution in [0.4, 0.5) is 18.9 Å². The van der Waals surface area contributed by atoms with Crippen molar-refractivity contribution in [2.75, 3.05) is 71.6 Å². The molecule has 4 aliphatic heterocycles. The van der Waals surface area contributed by atoms with Crippen molar-refractivity contribution in [3.63, 3.8) is 0 Å². The number of carboxylic acids is 1. The maximum Gasteiger partial charge on any atom is 0.416 e. The van der Waals surface area contributed by atoms with E-state index in [9.17, 15) is 27.9 Å². The number of carboxylic acid groups (broad SMARTS) is 1.